The molecule has 2 aliphatic rings. The SMILES string of the molecule is CC.CCC1CC(C)C2c3ccccc3N(c3ccc(-c4ccc(-c5ccc(-c6ccc(/C=C(\C#N)C(=O)O)s6)s5)s4)cc3)C12. The van der Waals surface area contributed by atoms with E-state index in [1.807, 2.05) is 26.0 Å². The summed E-state index contributed by atoms with van der Waals surface area (Å²) in [5.74, 6) is 0.810. The Bertz CT molecular complexity index is 1890. The maximum absolute atomic E-state index is 11.2. The zero-order chi connectivity index (χ0) is 31.7. The Morgan fingerprint density at radius 3 is 2.13 bits per heavy atom. The van der Waals surface area contributed by atoms with Crippen molar-refractivity contribution in [3.63, 3.8) is 0 Å². The molecule has 0 spiro atoms. The van der Waals surface area contributed by atoms with Gasteiger partial charge in [0.25, 0.3) is 0 Å². The number of para-hydroxylation sites is 1. The van der Waals surface area contributed by atoms with E-state index in [1.54, 1.807) is 28.7 Å². The van der Waals surface area contributed by atoms with Gasteiger partial charge in [0, 0.05) is 52.6 Å². The number of rotatable bonds is 7. The van der Waals surface area contributed by atoms with E-state index >= 15 is 0 Å². The predicted molar refractivity (Wildman–Crippen MR) is 192 cm³/mol. The zero-order valence-electron chi connectivity index (χ0n) is 25.9. The fraction of sp³-hybridized carbons (Fsp3) is 0.263. The Hall–Kier alpha value is -3.96. The molecule has 2 aromatic carbocycles. The highest BCUT2D eigenvalue weighted by atomic mass is 32.1. The maximum Gasteiger partial charge on any atom is 0.346 e. The first-order chi connectivity index (χ1) is 21.9. The molecule has 7 heteroatoms. The highest BCUT2D eigenvalue weighted by molar-refractivity contribution is 7.27. The quantitative estimate of drug-likeness (QED) is 0.141. The van der Waals surface area contributed by atoms with E-state index in [0.29, 0.717) is 23.8 Å². The minimum absolute atomic E-state index is 0.257. The van der Waals surface area contributed by atoms with E-state index in [2.05, 4.69) is 91.5 Å². The van der Waals surface area contributed by atoms with Crippen molar-refractivity contribution in [3.8, 4) is 36.0 Å². The summed E-state index contributed by atoms with van der Waals surface area (Å²) in [6, 6.07) is 33.0. The normalized spacial score (nSPS) is 20.2. The standard InChI is InChI=1S/C36H30N2O2S3.C2H6/c1-3-22-18-21(2)34-27-6-4-5-7-28(27)38(35(22)34)25-10-8-23(9-11-25)29-14-15-32(42-29)33-17-16-31(43-33)30-13-12-26(41-30)19-24(20-37)36(39)40;1-2/h4-17,19,21-22,34-35H,3,18H2,1-2H3,(H,39,40);1-2H3/b24-19+;. The number of nitrogens with zero attached hydrogens (tertiary/aromatic N) is 2. The van der Waals surface area contributed by atoms with E-state index in [1.165, 1.54) is 67.4 Å². The van der Waals surface area contributed by atoms with Crippen molar-refractivity contribution in [1.82, 2.24) is 0 Å². The summed E-state index contributed by atoms with van der Waals surface area (Å²) in [5.41, 5.74) is 5.15. The average molecular weight is 649 g/mol. The minimum Gasteiger partial charge on any atom is -0.477 e. The minimum atomic E-state index is -1.21. The number of anilines is 2. The molecule has 45 heavy (non-hydrogen) atoms. The number of hydrogen-bond acceptors (Lipinski definition) is 6. The van der Waals surface area contributed by atoms with Crippen LogP contribution in [0.15, 0.2) is 90.5 Å². The van der Waals surface area contributed by atoms with Crippen LogP contribution in [0.4, 0.5) is 11.4 Å². The van der Waals surface area contributed by atoms with Gasteiger partial charge in [-0.3, -0.25) is 0 Å². The first kappa shape index (κ1) is 31.0. The van der Waals surface area contributed by atoms with Crippen molar-refractivity contribution in [2.75, 3.05) is 4.90 Å². The lowest BCUT2D eigenvalue weighted by atomic mass is 9.89. The topological polar surface area (TPSA) is 64.3 Å². The van der Waals surface area contributed by atoms with Crippen LogP contribution in [0.5, 0.6) is 0 Å². The molecule has 0 saturated heterocycles. The molecule has 0 radical (unpaired) electrons. The number of benzene rings is 2. The highest BCUT2D eigenvalue weighted by Gasteiger charge is 2.50. The first-order valence-electron chi connectivity index (χ1n) is 15.6. The molecule has 4 unspecified atom stereocenters. The lowest BCUT2D eigenvalue weighted by Gasteiger charge is -2.31. The third kappa shape index (κ3) is 5.79. The molecule has 7 rings (SSSR count). The molecule has 0 bridgehead atoms. The fourth-order valence-electron chi connectivity index (χ4n) is 6.99. The Kier molecular flexibility index (Phi) is 9.09. The summed E-state index contributed by atoms with van der Waals surface area (Å²) in [6.45, 7) is 8.78. The molecule has 4 heterocycles. The maximum atomic E-state index is 11.2. The third-order valence-electron chi connectivity index (χ3n) is 8.91. The molecule has 1 N–H and O–H groups in total. The van der Waals surface area contributed by atoms with Gasteiger partial charge in [-0.2, -0.15) is 5.26 Å². The molecule has 1 aliphatic heterocycles. The van der Waals surface area contributed by atoms with Crippen molar-refractivity contribution >= 4 is 57.4 Å². The van der Waals surface area contributed by atoms with E-state index in [0.717, 1.165) is 14.6 Å². The van der Waals surface area contributed by atoms with Gasteiger partial charge in [-0.25, -0.2) is 4.79 Å². The monoisotopic (exact) mass is 648 g/mol. The summed E-state index contributed by atoms with van der Waals surface area (Å²) >= 11 is 5.02. The van der Waals surface area contributed by atoms with Crippen LogP contribution in [0.2, 0.25) is 0 Å². The summed E-state index contributed by atoms with van der Waals surface area (Å²) < 4.78 is 0. The molecule has 4 nitrogen and oxygen atoms in total. The number of hydrogen-bond donors (Lipinski definition) is 1. The predicted octanol–water partition coefficient (Wildman–Crippen LogP) is 11.6. The van der Waals surface area contributed by atoms with Gasteiger partial charge in [0.05, 0.1) is 0 Å². The third-order valence-corrected chi connectivity index (χ3v) is 12.6. The number of carboxylic acids is 1. The van der Waals surface area contributed by atoms with Gasteiger partial charge in [-0.15, -0.1) is 34.0 Å². The molecular formula is C38H36N2O2S3. The van der Waals surface area contributed by atoms with Crippen molar-refractivity contribution in [3.05, 3.63) is 101 Å². The second kappa shape index (κ2) is 13.2. The number of carboxylic acid groups (broad SMARTS) is 1. The van der Waals surface area contributed by atoms with Crippen LogP contribution in [-0.4, -0.2) is 17.1 Å². The summed E-state index contributed by atoms with van der Waals surface area (Å²) in [6.07, 6.45) is 3.95. The van der Waals surface area contributed by atoms with Crippen LogP contribution >= 0.6 is 34.0 Å². The fourth-order valence-corrected chi connectivity index (χ4v) is 10.1. The second-order valence-electron chi connectivity index (χ2n) is 11.4. The Morgan fingerprint density at radius 1 is 0.889 bits per heavy atom. The van der Waals surface area contributed by atoms with Crippen LogP contribution in [-0.2, 0) is 4.79 Å². The molecule has 1 saturated carbocycles. The Morgan fingerprint density at radius 2 is 1.49 bits per heavy atom. The summed E-state index contributed by atoms with van der Waals surface area (Å²) in [7, 11) is 0. The van der Waals surface area contributed by atoms with Crippen molar-refractivity contribution in [2.45, 2.75) is 52.5 Å². The van der Waals surface area contributed by atoms with Crippen LogP contribution in [0.3, 0.4) is 0 Å². The van der Waals surface area contributed by atoms with E-state index in [-0.39, 0.29) is 5.57 Å². The largest absolute Gasteiger partial charge is 0.477 e. The van der Waals surface area contributed by atoms with E-state index in [4.69, 9.17) is 10.4 Å². The molecule has 228 valence electrons. The van der Waals surface area contributed by atoms with Gasteiger partial charge < -0.3 is 10.0 Å². The summed E-state index contributed by atoms with van der Waals surface area (Å²) in [5, 5.41) is 18.2. The Balaban J connectivity index is 0.00000175. The lowest BCUT2D eigenvalue weighted by molar-refractivity contribution is -0.132. The van der Waals surface area contributed by atoms with E-state index < -0.39 is 5.97 Å². The molecule has 4 atom stereocenters. The van der Waals surface area contributed by atoms with Gasteiger partial charge in [0.15, 0.2) is 0 Å². The van der Waals surface area contributed by atoms with Gasteiger partial charge >= 0.3 is 5.97 Å². The molecule has 0 amide bonds. The number of carbonyl (C=O) groups is 1. The summed E-state index contributed by atoms with van der Waals surface area (Å²) in [4.78, 5) is 20.4. The smallest absolute Gasteiger partial charge is 0.346 e. The molecule has 3 aromatic heterocycles. The van der Waals surface area contributed by atoms with Crippen molar-refractivity contribution < 1.29 is 9.90 Å². The number of nitriles is 1. The first-order valence-corrected chi connectivity index (χ1v) is 18.0. The second-order valence-corrected chi connectivity index (χ2v) is 14.7. The average Bonchev–Trinajstić information content (AvgIpc) is 3.90. The van der Waals surface area contributed by atoms with Gasteiger partial charge in [-0.05, 0) is 90.1 Å². The van der Waals surface area contributed by atoms with E-state index in [9.17, 15) is 4.79 Å². The molecule has 1 fully saturated rings. The van der Waals surface area contributed by atoms with Crippen LogP contribution in [0.25, 0.3) is 36.0 Å². The zero-order valence-corrected chi connectivity index (χ0v) is 28.3. The van der Waals surface area contributed by atoms with Crippen molar-refractivity contribution in [2.24, 2.45) is 11.8 Å². The lowest BCUT2D eigenvalue weighted by Crippen LogP contribution is -2.32. The van der Waals surface area contributed by atoms with Crippen LogP contribution in [0.1, 0.15) is 56.9 Å². The van der Waals surface area contributed by atoms with Crippen LogP contribution < -0.4 is 4.90 Å². The molecule has 1 aliphatic carbocycles. The molecule has 5 aromatic rings. The number of aliphatic carboxylic acids is 1. The number of fused-ring (bicyclic) bond motifs is 3. The highest BCUT2D eigenvalue weighted by Crippen LogP contribution is 2.57. The van der Waals surface area contributed by atoms with Gasteiger partial charge in [-0.1, -0.05) is 64.4 Å². The van der Waals surface area contributed by atoms with Gasteiger partial charge in [0.2, 0.25) is 0 Å². The van der Waals surface area contributed by atoms with Crippen LogP contribution in [0, 0.1) is 23.2 Å². The number of thiophene rings is 3. The molecular weight excluding hydrogens is 613 g/mol. The Labute approximate surface area is 277 Å². The van der Waals surface area contributed by atoms with Gasteiger partial charge in [0.1, 0.15) is 11.6 Å². The van der Waals surface area contributed by atoms with Crippen molar-refractivity contribution in [1.29, 1.82) is 5.26 Å².